The Kier molecular flexibility index (Phi) is 12.1. The maximum Gasteiger partial charge on any atom is 0.416 e. The second-order valence-corrected chi connectivity index (χ2v) is 12.2. The van der Waals surface area contributed by atoms with Crippen molar-refractivity contribution in [2.75, 3.05) is 33.4 Å². The van der Waals surface area contributed by atoms with Crippen molar-refractivity contribution in [3.05, 3.63) is 93.6 Å². The average Bonchev–Trinajstić information content (AvgIpc) is 3.00. The number of hydrogen-bond donors (Lipinski definition) is 1. The third-order valence-electron chi connectivity index (χ3n) is 8.95. The van der Waals surface area contributed by atoms with Gasteiger partial charge in [-0.25, -0.2) is 0 Å². The van der Waals surface area contributed by atoms with Gasteiger partial charge in [0.2, 0.25) is 0 Å². The molecule has 0 radical (unpaired) electrons. The maximum absolute atomic E-state index is 13.6. The van der Waals surface area contributed by atoms with Crippen LogP contribution in [0.3, 0.4) is 0 Å². The van der Waals surface area contributed by atoms with Gasteiger partial charge in [-0.15, -0.1) is 0 Å². The van der Waals surface area contributed by atoms with Gasteiger partial charge in [0.1, 0.15) is 7.11 Å². The van der Waals surface area contributed by atoms with Crippen molar-refractivity contribution < 1.29 is 35.9 Å². The second-order valence-electron chi connectivity index (χ2n) is 12.2. The lowest BCUT2D eigenvalue weighted by atomic mass is 9.88. The summed E-state index contributed by atoms with van der Waals surface area (Å²) in [5.74, 6) is -0.234. The topological polar surface area (TPSA) is 46.1 Å². The molecule has 0 aromatic heterocycles. The summed E-state index contributed by atoms with van der Waals surface area (Å²) in [5.41, 5.74) is 0.550. The van der Waals surface area contributed by atoms with Gasteiger partial charge in [0.05, 0.1) is 30.1 Å². The minimum atomic E-state index is -4.94. The first-order valence-corrected chi connectivity index (χ1v) is 15.6. The van der Waals surface area contributed by atoms with Crippen LogP contribution in [0.15, 0.2) is 59.8 Å². The zero-order valence-corrected chi connectivity index (χ0v) is 26.8. The van der Waals surface area contributed by atoms with E-state index in [0.29, 0.717) is 24.2 Å². The summed E-state index contributed by atoms with van der Waals surface area (Å²) in [7, 11) is 1.40. The van der Waals surface area contributed by atoms with Gasteiger partial charge in [-0.3, -0.25) is 0 Å². The number of allylic oxidation sites excluding steroid dienone is 2. The van der Waals surface area contributed by atoms with Crippen LogP contribution in [-0.2, 0) is 28.5 Å². The summed E-state index contributed by atoms with van der Waals surface area (Å²) < 4.78 is 87.1. The molecule has 1 heterocycles. The number of rotatable bonds is 12. The van der Waals surface area contributed by atoms with Crippen LogP contribution in [0.25, 0.3) is 0 Å². The number of aryl methyl sites for hydroxylation is 2. The summed E-state index contributed by atoms with van der Waals surface area (Å²) in [5, 5.41) is 7.99. The van der Waals surface area contributed by atoms with Gasteiger partial charge >= 0.3 is 12.4 Å². The number of alkyl halides is 6. The monoisotopic (exact) mass is 651 g/mol. The van der Waals surface area contributed by atoms with E-state index in [2.05, 4.69) is 45.7 Å². The molecule has 1 aliphatic carbocycles. The minimum Gasteiger partial charge on any atom is -0.399 e. The highest BCUT2D eigenvalue weighted by molar-refractivity contribution is 5.91. The highest BCUT2D eigenvalue weighted by Gasteiger charge is 2.38. The van der Waals surface area contributed by atoms with E-state index >= 15 is 0 Å². The molecule has 252 valence electrons. The van der Waals surface area contributed by atoms with E-state index in [1.165, 1.54) is 7.11 Å². The number of benzene rings is 2. The van der Waals surface area contributed by atoms with Gasteiger partial charge in [-0.1, -0.05) is 47.7 Å². The van der Waals surface area contributed by atoms with Gasteiger partial charge in [0.25, 0.3) is 0 Å². The van der Waals surface area contributed by atoms with E-state index in [1.54, 1.807) is 0 Å². The Bertz CT molecular complexity index is 1410. The number of hydrogen-bond acceptors (Lipinski definition) is 5. The van der Waals surface area contributed by atoms with E-state index in [9.17, 15) is 26.3 Å². The average molecular weight is 652 g/mol. The quantitative estimate of drug-likeness (QED) is 0.143. The molecule has 1 fully saturated rings. The van der Waals surface area contributed by atoms with E-state index in [1.807, 2.05) is 26.0 Å². The molecule has 2 unspecified atom stereocenters. The van der Waals surface area contributed by atoms with Crippen LogP contribution in [0.4, 0.5) is 26.3 Å². The summed E-state index contributed by atoms with van der Waals surface area (Å²) in [4.78, 5) is 7.59. The normalized spacial score (nSPS) is 19.1. The van der Waals surface area contributed by atoms with E-state index in [-0.39, 0.29) is 29.7 Å². The Balaban J connectivity index is 1.47. The molecule has 11 heteroatoms. The first-order chi connectivity index (χ1) is 21.8. The third kappa shape index (κ3) is 9.68. The molecule has 46 heavy (non-hydrogen) atoms. The molecule has 2 atom stereocenters. The summed E-state index contributed by atoms with van der Waals surface area (Å²) in [6, 6.07) is 7.81. The fourth-order valence-corrected chi connectivity index (χ4v) is 6.10. The molecule has 1 N–H and O–H groups in total. The zero-order valence-electron chi connectivity index (χ0n) is 26.8. The molecule has 0 amide bonds. The predicted octanol–water partition coefficient (Wildman–Crippen LogP) is 8.28. The fraction of sp³-hybridized carbons (Fsp3) is 0.514. The van der Waals surface area contributed by atoms with Gasteiger partial charge in [-0.05, 0) is 106 Å². The molecule has 1 aliphatic heterocycles. The number of nitrogens with one attached hydrogen (secondary N) is 1. The fourth-order valence-electron chi connectivity index (χ4n) is 6.10. The molecule has 2 aliphatic rings. The van der Waals surface area contributed by atoms with Crippen molar-refractivity contribution in [3.8, 4) is 0 Å². The number of halogens is 6. The molecule has 2 aromatic rings. The SMILES string of the molecule is CO/N=C(\COCc1cc(C(F)(F)F)cc(C(F)(F)F)c1C)C(CCN1CCC(NC2C=CC=CC2)CC1)c1ccc(C)c(C)c1. The molecule has 1 saturated heterocycles. The summed E-state index contributed by atoms with van der Waals surface area (Å²) >= 11 is 0. The zero-order chi connectivity index (χ0) is 33.5. The Labute approximate surface area is 267 Å². The lowest BCUT2D eigenvalue weighted by Crippen LogP contribution is -2.46. The second kappa shape index (κ2) is 15.6. The summed E-state index contributed by atoms with van der Waals surface area (Å²) in [6.45, 7) is 7.27. The summed E-state index contributed by atoms with van der Waals surface area (Å²) in [6.07, 6.45) is 2.37. The van der Waals surface area contributed by atoms with Crippen LogP contribution in [0.2, 0.25) is 0 Å². The van der Waals surface area contributed by atoms with Gasteiger partial charge in [0.15, 0.2) is 0 Å². The molecular weight excluding hydrogens is 608 g/mol. The minimum absolute atomic E-state index is 0.127. The highest BCUT2D eigenvalue weighted by Crippen LogP contribution is 2.39. The Morgan fingerprint density at radius 3 is 2.33 bits per heavy atom. The van der Waals surface area contributed by atoms with Crippen LogP contribution >= 0.6 is 0 Å². The van der Waals surface area contributed by atoms with Crippen LogP contribution in [0.5, 0.6) is 0 Å². The molecule has 0 saturated carbocycles. The first kappa shape index (κ1) is 35.7. The standard InChI is InChI=1S/C35H43F6N3O2/c1-23-10-11-26(18-24(23)2)31(14-17-44-15-12-30(13-16-44)42-29-8-6-5-7-9-29)33(43-45-4)22-46-21-27-19-28(34(36,37)38)20-32(25(27)3)35(39,40)41/h5-8,10-11,18-20,29-31,42H,9,12-17,21-22H2,1-4H3/b43-33+. The Hall–Kier alpha value is -3.15. The number of ether oxygens (including phenoxy) is 1. The molecule has 2 aromatic carbocycles. The Morgan fingerprint density at radius 1 is 0.978 bits per heavy atom. The number of piperidine rings is 1. The number of likely N-dealkylation sites (tertiary alicyclic amines) is 1. The first-order valence-electron chi connectivity index (χ1n) is 15.6. The van der Waals surface area contributed by atoms with E-state index in [0.717, 1.165) is 68.6 Å². The van der Waals surface area contributed by atoms with Crippen LogP contribution in [0, 0.1) is 20.8 Å². The highest BCUT2D eigenvalue weighted by atomic mass is 19.4. The van der Waals surface area contributed by atoms with Crippen molar-refractivity contribution in [3.63, 3.8) is 0 Å². The Morgan fingerprint density at radius 2 is 1.72 bits per heavy atom. The molecule has 0 spiro atoms. The smallest absolute Gasteiger partial charge is 0.399 e. The predicted molar refractivity (Wildman–Crippen MR) is 168 cm³/mol. The van der Waals surface area contributed by atoms with E-state index in [4.69, 9.17) is 9.57 Å². The largest absolute Gasteiger partial charge is 0.416 e. The third-order valence-corrected chi connectivity index (χ3v) is 8.95. The van der Waals surface area contributed by atoms with Crippen LogP contribution in [0.1, 0.15) is 70.5 Å². The van der Waals surface area contributed by atoms with E-state index < -0.39 is 30.1 Å². The van der Waals surface area contributed by atoms with Gasteiger partial charge < -0.3 is 19.8 Å². The lowest BCUT2D eigenvalue weighted by molar-refractivity contribution is -0.143. The van der Waals surface area contributed by atoms with Crippen molar-refractivity contribution in [1.82, 2.24) is 10.2 Å². The number of nitrogens with zero attached hydrogens (tertiary/aromatic N) is 2. The molecule has 0 bridgehead atoms. The van der Waals surface area contributed by atoms with Crippen molar-refractivity contribution in [1.29, 1.82) is 0 Å². The lowest BCUT2D eigenvalue weighted by Gasteiger charge is -2.35. The maximum atomic E-state index is 13.6. The van der Waals surface area contributed by atoms with Crippen LogP contribution in [-0.4, -0.2) is 56.0 Å². The van der Waals surface area contributed by atoms with Crippen molar-refractivity contribution in [2.45, 2.75) is 83.4 Å². The van der Waals surface area contributed by atoms with Gasteiger partial charge in [-0.2, -0.15) is 26.3 Å². The van der Waals surface area contributed by atoms with Crippen LogP contribution < -0.4 is 5.32 Å². The molecule has 4 rings (SSSR count). The van der Waals surface area contributed by atoms with Gasteiger partial charge in [0, 0.05) is 18.0 Å². The van der Waals surface area contributed by atoms with Crippen molar-refractivity contribution >= 4 is 5.71 Å². The molecule has 5 nitrogen and oxygen atoms in total. The number of oxime groups is 1. The molecular formula is C35H43F6N3O2. The van der Waals surface area contributed by atoms with Crippen molar-refractivity contribution in [2.24, 2.45) is 5.16 Å².